The van der Waals surface area contributed by atoms with Crippen LogP contribution in [0.15, 0.2) is 30.3 Å². The Morgan fingerprint density at radius 1 is 1.35 bits per heavy atom. The number of alkyl halides is 1. The number of rotatable bonds is 8. The molecule has 1 heterocycles. The molecule has 110 valence electrons. The molecule has 3 atom stereocenters. The van der Waals surface area contributed by atoms with E-state index in [1.54, 1.807) is 0 Å². The van der Waals surface area contributed by atoms with Gasteiger partial charge < -0.3 is 14.3 Å². The second-order valence-electron chi connectivity index (χ2n) is 5.11. The molecule has 0 N–H and O–H groups in total. The van der Waals surface area contributed by atoms with Crippen molar-refractivity contribution < 1.29 is 14.3 Å². The van der Waals surface area contributed by atoms with Crippen molar-refractivity contribution in [2.45, 2.75) is 50.6 Å². The maximum atomic E-state index is 10.6. The molecular formula is C16H21IO3. The van der Waals surface area contributed by atoms with Gasteiger partial charge in [-0.1, -0.05) is 52.9 Å². The van der Waals surface area contributed by atoms with E-state index in [9.17, 15) is 4.79 Å². The molecule has 1 saturated heterocycles. The van der Waals surface area contributed by atoms with Gasteiger partial charge in [0.15, 0.2) is 0 Å². The summed E-state index contributed by atoms with van der Waals surface area (Å²) >= 11 is 2.36. The highest BCUT2D eigenvalue weighted by Gasteiger charge is 2.31. The Bertz CT molecular complexity index is 396. The summed E-state index contributed by atoms with van der Waals surface area (Å²) in [5, 5.41) is 0. The SMILES string of the molecule is O=CCC[C@H](OCc1ccccc1)[C@H]1CC[C@@H](CI)O1. The summed E-state index contributed by atoms with van der Waals surface area (Å²) in [5.41, 5.74) is 1.16. The lowest BCUT2D eigenvalue weighted by molar-refractivity contribution is -0.110. The van der Waals surface area contributed by atoms with Gasteiger partial charge in [-0.2, -0.15) is 0 Å². The molecule has 20 heavy (non-hydrogen) atoms. The third-order valence-electron chi connectivity index (χ3n) is 3.60. The van der Waals surface area contributed by atoms with Gasteiger partial charge in [0.2, 0.25) is 0 Å². The average molecular weight is 388 g/mol. The average Bonchev–Trinajstić information content (AvgIpc) is 2.97. The second-order valence-corrected chi connectivity index (χ2v) is 5.99. The van der Waals surface area contributed by atoms with E-state index in [1.807, 2.05) is 18.2 Å². The lowest BCUT2D eigenvalue weighted by Gasteiger charge is -2.23. The molecule has 0 spiro atoms. The van der Waals surface area contributed by atoms with E-state index < -0.39 is 0 Å². The molecule has 4 heteroatoms. The lowest BCUT2D eigenvalue weighted by Crippen LogP contribution is -2.30. The van der Waals surface area contributed by atoms with E-state index in [0.717, 1.165) is 35.5 Å². The quantitative estimate of drug-likeness (QED) is 0.388. The van der Waals surface area contributed by atoms with Gasteiger partial charge in [-0.3, -0.25) is 0 Å². The predicted molar refractivity (Wildman–Crippen MR) is 87.1 cm³/mol. The number of hydrogen-bond acceptors (Lipinski definition) is 3. The largest absolute Gasteiger partial charge is 0.371 e. The van der Waals surface area contributed by atoms with Gasteiger partial charge in [-0.05, 0) is 24.8 Å². The fourth-order valence-electron chi connectivity index (χ4n) is 2.51. The maximum absolute atomic E-state index is 10.6. The smallest absolute Gasteiger partial charge is 0.120 e. The zero-order valence-electron chi connectivity index (χ0n) is 11.5. The summed E-state index contributed by atoms with van der Waals surface area (Å²) in [5.74, 6) is 0. The standard InChI is InChI=1S/C16H21IO3/c17-11-14-8-9-16(20-14)15(7-4-10-18)19-12-13-5-2-1-3-6-13/h1-3,5-6,10,14-16H,4,7-9,11-12H2/t14-,15-,16+/m0/s1. The Balaban J connectivity index is 1.88. The van der Waals surface area contributed by atoms with E-state index in [0.29, 0.717) is 19.1 Å². The van der Waals surface area contributed by atoms with Crippen molar-refractivity contribution in [2.24, 2.45) is 0 Å². The number of hydrogen-bond donors (Lipinski definition) is 0. The minimum absolute atomic E-state index is 0.0216. The van der Waals surface area contributed by atoms with Crippen LogP contribution in [-0.4, -0.2) is 29.0 Å². The van der Waals surface area contributed by atoms with E-state index in [-0.39, 0.29) is 12.2 Å². The number of benzene rings is 1. The second kappa shape index (κ2) is 8.74. The zero-order chi connectivity index (χ0) is 14.2. The van der Waals surface area contributed by atoms with Crippen molar-refractivity contribution in [3.63, 3.8) is 0 Å². The molecule has 0 aromatic heterocycles. The Hall–Kier alpha value is -0.460. The van der Waals surface area contributed by atoms with Gasteiger partial charge in [0.25, 0.3) is 0 Å². The lowest BCUT2D eigenvalue weighted by atomic mass is 10.1. The van der Waals surface area contributed by atoms with Crippen molar-refractivity contribution in [1.82, 2.24) is 0 Å². The first-order valence-corrected chi connectivity index (χ1v) is 8.66. The van der Waals surface area contributed by atoms with Crippen LogP contribution in [0.1, 0.15) is 31.2 Å². The van der Waals surface area contributed by atoms with Crippen LogP contribution in [0.3, 0.4) is 0 Å². The monoisotopic (exact) mass is 388 g/mol. The highest BCUT2D eigenvalue weighted by atomic mass is 127. The molecule has 1 aliphatic heterocycles. The molecular weight excluding hydrogens is 367 g/mol. The summed E-state index contributed by atoms with van der Waals surface area (Å²) in [6.45, 7) is 0.582. The summed E-state index contributed by atoms with van der Waals surface area (Å²) in [7, 11) is 0. The molecule has 1 aromatic rings. The predicted octanol–water partition coefficient (Wildman–Crippen LogP) is 3.53. The molecule has 0 saturated carbocycles. The van der Waals surface area contributed by atoms with Crippen LogP contribution < -0.4 is 0 Å². The van der Waals surface area contributed by atoms with Crippen LogP contribution in [0.25, 0.3) is 0 Å². The molecule has 0 amide bonds. The Morgan fingerprint density at radius 3 is 2.80 bits per heavy atom. The van der Waals surface area contributed by atoms with Crippen LogP contribution in [0.5, 0.6) is 0 Å². The molecule has 1 aromatic carbocycles. The van der Waals surface area contributed by atoms with Crippen molar-refractivity contribution in [2.75, 3.05) is 4.43 Å². The minimum Gasteiger partial charge on any atom is -0.371 e. The normalized spacial score (nSPS) is 23.6. The molecule has 0 bridgehead atoms. The molecule has 1 fully saturated rings. The van der Waals surface area contributed by atoms with Crippen LogP contribution in [0.2, 0.25) is 0 Å². The summed E-state index contributed by atoms with van der Waals surface area (Å²) in [6, 6.07) is 10.1. The number of carbonyl (C=O) groups excluding carboxylic acids is 1. The number of carbonyl (C=O) groups is 1. The molecule has 1 aliphatic rings. The first-order chi connectivity index (χ1) is 9.83. The van der Waals surface area contributed by atoms with Gasteiger partial charge in [-0.15, -0.1) is 0 Å². The van der Waals surface area contributed by atoms with Crippen molar-refractivity contribution in [3.8, 4) is 0 Å². The van der Waals surface area contributed by atoms with Crippen LogP contribution in [-0.2, 0) is 20.9 Å². The van der Waals surface area contributed by atoms with Crippen molar-refractivity contribution in [1.29, 1.82) is 0 Å². The highest BCUT2D eigenvalue weighted by Crippen LogP contribution is 2.27. The first-order valence-electron chi connectivity index (χ1n) is 7.14. The zero-order valence-corrected chi connectivity index (χ0v) is 13.7. The van der Waals surface area contributed by atoms with Crippen LogP contribution in [0.4, 0.5) is 0 Å². The van der Waals surface area contributed by atoms with Gasteiger partial charge in [0.05, 0.1) is 24.9 Å². The highest BCUT2D eigenvalue weighted by molar-refractivity contribution is 14.1. The topological polar surface area (TPSA) is 35.5 Å². The third kappa shape index (κ3) is 4.82. The number of aldehydes is 1. The molecule has 2 rings (SSSR count). The van der Waals surface area contributed by atoms with Crippen LogP contribution in [0, 0.1) is 0 Å². The summed E-state index contributed by atoms with van der Waals surface area (Å²) in [6.07, 6.45) is 4.88. The van der Waals surface area contributed by atoms with Gasteiger partial charge in [-0.25, -0.2) is 0 Å². The van der Waals surface area contributed by atoms with E-state index in [1.165, 1.54) is 0 Å². The fraction of sp³-hybridized carbons (Fsp3) is 0.562. The Labute approximate surface area is 134 Å². The summed E-state index contributed by atoms with van der Waals surface area (Å²) in [4.78, 5) is 10.6. The van der Waals surface area contributed by atoms with Gasteiger partial charge in [0, 0.05) is 10.8 Å². The van der Waals surface area contributed by atoms with Crippen molar-refractivity contribution in [3.05, 3.63) is 35.9 Å². The first kappa shape index (κ1) is 15.9. The van der Waals surface area contributed by atoms with Gasteiger partial charge in [0.1, 0.15) is 6.29 Å². The fourth-order valence-corrected chi connectivity index (χ4v) is 3.15. The number of ether oxygens (including phenoxy) is 2. The number of halogens is 1. The van der Waals surface area contributed by atoms with Gasteiger partial charge >= 0.3 is 0 Å². The summed E-state index contributed by atoms with van der Waals surface area (Å²) < 4.78 is 13.1. The third-order valence-corrected chi connectivity index (χ3v) is 4.59. The van der Waals surface area contributed by atoms with E-state index in [2.05, 4.69) is 34.7 Å². The van der Waals surface area contributed by atoms with E-state index in [4.69, 9.17) is 9.47 Å². The van der Waals surface area contributed by atoms with E-state index >= 15 is 0 Å². The Morgan fingerprint density at radius 2 is 2.15 bits per heavy atom. The molecule has 0 unspecified atom stereocenters. The van der Waals surface area contributed by atoms with Crippen LogP contribution >= 0.6 is 22.6 Å². The van der Waals surface area contributed by atoms with Crippen molar-refractivity contribution >= 4 is 28.9 Å². The molecule has 3 nitrogen and oxygen atoms in total. The Kier molecular flexibility index (Phi) is 6.96. The minimum atomic E-state index is 0.0216. The molecule has 0 aliphatic carbocycles. The maximum Gasteiger partial charge on any atom is 0.120 e. The molecule has 0 radical (unpaired) electrons.